The van der Waals surface area contributed by atoms with E-state index in [4.69, 9.17) is 0 Å². The first kappa shape index (κ1) is 52.5. The van der Waals surface area contributed by atoms with Gasteiger partial charge < -0.3 is 0 Å². The zero-order valence-corrected chi connectivity index (χ0v) is 54.3. The van der Waals surface area contributed by atoms with Crippen molar-refractivity contribution >= 4 is 107 Å². The van der Waals surface area contributed by atoms with Crippen molar-refractivity contribution in [2.75, 3.05) is 0 Å². The van der Waals surface area contributed by atoms with Crippen LogP contribution in [0.4, 0.5) is 0 Å². The molecule has 78 heavy (non-hydrogen) atoms. The SMILES string of the molecule is [Cl][Ru]([AsH](c1ccccc1)(c1ccccc1)c1ccccc1)([AsH](c1ccccc1)(c1ccccc1)c1ccccc1)([AsH](c1ccccc1)(c1ccccc1)c1ccccc1)[AsH](c1ccccc1)(c1ccccc1)c1ccccc1. The first-order valence-corrected chi connectivity index (χ1v) is 62.6. The maximum absolute atomic E-state index is 12.4. The van der Waals surface area contributed by atoms with Crippen molar-refractivity contribution in [1.82, 2.24) is 0 Å². The van der Waals surface area contributed by atoms with Crippen molar-refractivity contribution < 1.29 is 3.92 Å². The minimum absolute atomic E-state index is 1.41. The van der Waals surface area contributed by atoms with E-state index in [0.717, 1.165) is 0 Å². The van der Waals surface area contributed by atoms with Crippen molar-refractivity contribution in [3.63, 3.8) is 0 Å². The summed E-state index contributed by atoms with van der Waals surface area (Å²) in [6, 6.07) is 145. The summed E-state index contributed by atoms with van der Waals surface area (Å²) in [5.41, 5.74) is 0. The molecule has 0 spiro atoms. The van der Waals surface area contributed by atoms with E-state index in [1.165, 1.54) is 52.2 Å². The molecule has 0 saturated heterocycles. The van der Waals surface area contributed by atoms with E-state index in [-0.39, 0.29) is 0 Å². The molecule has 0 bridgehead atoms. The fourth-order valence-corrected chi connectivity index (χ4v) is 579. The van der Waals surface area contributed by atoms with Crippen LogP contribution >= 0.6 is 9.69 Å². The zero-order valence-electron chi connectivity index (χ0n) is 43.4. The molecule has 12 aromatic rings. The normalized spacial score (nSPS) is 13.5. The topological polar surface area (TPSA) is 0 Å². The molecule has 6 heteroatoms. The Morgan fingerprint density at radius 1 is 0.141 bits per heavy atom. The van der Waals surface area contributed by atoms with Crippen molar-refractivity contribution in [3.8, 4) is 0 Å². The van der Waals surface area contributed by atoms with Gasteiger partial charge in [0, 0.05) is 0 Å². The van der Waals surface area contributed by atoms with E-state index in [9.17, 15) is 9.69 Å². The van der Waals surface area contributed by atoms with E-state index < -0.39 is 48.6 Å². The molecule has 0 unspecified atom stereocenters. The van der Waals surface area contributed by atoms with Gasteiger partial charge in [0.25, 0.3) is 0 Å². The van der Waals surface area contributed by atoms with Crippen molar-refractivity contribution in [3.05, 3.63) is 364 Å². The Kier molecular flexibility index (Phi) is 15.1. The van der Waals surface area contributed by atoms with E-state index >= 15 is 0 Å². The molecule has 0 amide bonds. The van der Waals surface area contributed by atoms with E-state index in [1.54, 1.807) is 0 Å². The van der Waals surface area contributed by atoms with Crippen LogP contribution in [0.2, 0.25) is 0 Å². The predicted octanol–water partition coefficient (Wildman–Crippen LogP) is 8.43. The summed E-state index contributed by atoms with van der Waals surface area (Å²) in [5.74, 6) is 0. The molecule has 0 heterocycles. The van der Waals surface area contributed by atoms with Gasteiger partial charge in [-0.05, 0) is 0 Å². The molecule has 12 rings (SSSR count). The molecule has 0 aromatic heterocycles. The first-order chi connectivity index (χ1) is 38.6. The molecule has 12 aromatic carbocycles. The van der Waals surface area contributed by atoms with Crippen LogP contribution in [-0.4, -0.2) is 44.7 Å². The van der Waals surface area contributed by atoms with E-state index in [1.807, 2.05) is 0 Å². The first-order valence-electron chi connectivity index (χ1n) is 26.8. The standard InChI is InChI=1S/4C18H16As.ClH.Ru/c4*1-4-10-16(11-5-1)19(17-12-6-2-7-13-17)18-14-8-3-9-15-18;;/h4*1-15,19H;1H;/q4*+1;;-3/p-1. The number of benzene rings is 12. The van der Waals surface area contributed by atoms with Crippen molar-refractivity contribution in [2.24, 2.45) is 0 Å². The monoisotopic (exact) mass is 1370 g/mol. The number of hydrogen-bond donors (Lipinski definition) is 0. The maximum atomic E-state index is 12.4. The summed E-state index contributed by atoms with van der Waals surface area (Å²) in [6.45, 7) is 0. The van der Waals surface area contributed by atoms with Crippen LogP contribution in [-0.2, 0) is 3.92 Å². The molecule has 0 saturated carbocycles. The molecule has 0 fully saturated rings. The van der Waals surface area contributed by atoms with Gasteiger partial charge in [0.1, 0.15) is 0 Å². The van der Waals surface area contributed by atoms with Gasteiger partial charge in [0.15, 0.2) is 0 Å². The van der Waals surface area contributed by atoms with Crippen LogP contribution in [0.15, 0.2) is 364 Å². The zero-order chi connectivity index (χ0) is 52.8. The second kappa shape index (κ2) is 22.5. The summed E-state index contributed by atoms with van der Waals surface area (Å²) in [4.78, 5) is 0. The molecule has 0 aliphatic carbocycles. The van der Waals surface area contributed by atoms with Gasteiger partial charge in [-0.2, -0.15) is 0 Å². The number of hydrogen-bond acceptors (Lipinski definition) is 0. The molecule has 387 valence electrons. The molecule has 0 atom stereocenters. The van der Waals surface area contributed by atoms with E-state index in [2.05, 4.69) is 364 Å². The van der Waals surface area contributed by atoms with Crippen LogP contribution in [0, 0.1) is 0 Å². The van der Waals surface area contributed by atoms with Crippen molar-refractivity contribution in [2.45, 2.75) is 0 Å². The van der Waals surface area contributed by atoms with Crippen LogP contribution in [0.5, 0.6) is 0 Å². The Balaban J connectivity index is 1.67. The third kappa shape index (κ3) is 7.50. The van der Waals surface area contributed by atoms with Gasteiger partial charge in [-0.1, -0.05) is 0 Å². The van der Waals surface area contributed by atoms with Gasteiger partial charge in [-0.3, -0.25) is 0 Å². The number of rotatable bonds is 16. The summed E-state index contributed by atoms with van der Waals surface area (Å²) < 4.78 is 10.4. The minimum atomic E-state index is -6.43. The van der Waals surface area contributed by atoms with Gasteiger partial charge >= 0.3 is 474 Å². The van der Waals surface area contributed by atoms with Gasteiger partial charge in [0.05, 0.1) is 0 Å². The Bertz CT molecular complexity index is 2930. The quantitative estimate of drug-likeness (QED) is 0.0854. The van der Waals surface area contributed by atoms with Crippen LogP contribution in [0.1, 0.15) is 0 Å². The van der Waals surface area contributed by atoms with Gasteiger partial charge in [0.2, 0.25) is 0 Å². The van der Waals surface area contributed by atoms with Crippen molar-refractivity contribution in [1.29, 1.82) is 0 Å². The fourth-order valence-electron chi connectivity index (χ4n) is 13.5. The Morgan fingerprint density at radius 3 is 0.295 bits per heavy atom. The number of halogens is 1. The average molecular weight is 1370 g/mol. The van der Waals surface area contributed by atoms with Gasteiger partial charge in [-0.25, -0.2) is 0 Å². The molecule has 0 radical (unpaired) electrons. The second-order valence-electron chi connectivity index (χ2n) is 19.8. The molecule has 0 nitrogen and oxygen atoms in total. The summed E-state index contributed by atoms with van der Waals surface area (Å²) in [6.07, 6.45) is 0. The molecule has 0 N–H and O–H groups in total. The molecular formula is C72H64As4ClRu. The fraction of sp³-hybridized carbons (Fsp3) is 0. The van der Waals surface area contributed by atoms with Gasteiger partial charge in [-0.15, -0.1) is 0 Å². The summed E-state index contributed by atoms with van der Waals surface area (Å²) >= 11 is -21.1. The second-order valence-corrected chi connectivity index (χ2v) is 181. The Hall–Kier alpha value is -6.21. The van der Waals surface area contributed by atoms with Crippen LogP contribution in [0.25, 0.3) is 0 Å². The predicted molar refractivity (Wildman–Crippen MR) is 347 cm³/mol. The van der Waals surface area contributed by atoms with E-state index in [0.29, 0.717) is 0 Å². The molecule has 0 aliphatic heterocycles. The molecule has 0 aliphatic rings. The third-order valence-electron chi connectivity index (χ3n) is 16.0. The van der Waals surface area contributed by atoms with Crippen LogP contribution < -0.4 is 52.2 Å². The summed E-state index contributed by atoms with van der Waals surface area (Å²) in [5, 5.41) is 0. The Labute approximate surface area is 469 Å². The van der Waals surface area contributed by atoms with Crippen LogP contribution in [0.3, 0.4) is 0 Å². The molecular weight excluding hydrogens is 1300 g/mol. The third-order valence-corrected chi connectivity index (χ3v) is 364. The summed E-state index contributed by atoms with van der Waals surface area (Å²) in [7, 11) is 12.4. The Morgan fingerprint density at radius 2 is 0.218 bits per heavy atom. The average Bonchev–Trinajstić information content (AvgIpc) is 2.58.